The number of aromatic carboxylic acids is 1. The van der Waals surface area contributed by atoms with Crippen molar-refractivity contribution in [2.75, 3.05) is 5.32 Å². The van der Waals surface area contributed by atoms with Crippen LogP contribution >= 0.6 is 15.9 Å². The standard InChI is InChI=1S/C19H20BrN5O3/c1-12-18(20)13(2)25(23-12)11-14-4-3-5-15(10-14)22-17(26)7-9-24-16(19(27)28)6-8-21-24/h3-6,8,10H,7,9,11H2,1-2H3,(H,22,26)(H,27,28). The molecule has 1 amide bonds. The molecule has 9 heteroatoms. The second-order valence-corrected chi connectivity index (χ2v) is 7.18. The third-order valence-electron chi connectivity index (χ3n) is 4.32. The van der Waals surface area contributed by atoms with Crippen LogP contribution in [0, 0.1) is 13.8 Å². The number of anilines is 1. The molecule has 0 saturated carbocycles. The lowest BCUT2D eigenvalue weighted by Gasteiger charge is -2.09. The molecule has 2 aromatic heterocycles. The van der Waals surface area contributed by atoms with Gasteiger partial charge < -0.3 is 10.4 Å². The van der Waals surface area contributed by atoms with Crippen molar-refractivity contribution in [1.29, 1.82) is 0 Å². The third kappa shape index (κ3) is 4.48. The minimum absolute atomic E-state index is 0.0610. The second-order valence-electron chi connectivity index (χ2n) is 6.39. The second kappa shape index (κ2) is 8.39. The molecule has 8 nitrogen and oxygen atoms in total. The molecule has 0 aliphatic heterocycles. The number of benzene rings is 1. The highest BCUT2D eigenvalue weighted by Gasteiger charge is 2.12. The molecule has 0 atom stereocenters. The van der Waals surface area contributed by atoms with Gasteiger partial charge in [-0.05, 0) is 53.5 Å². The molecule has 3 aromatic rings. The normalized spacial score (nSPS) is 10.8. The predicted octanol–water partition coefficient (Wildman–Crippen LogP) is 3.23. The fraction of sp³-hybridized carbons (Fsp3) is 0.263. The quantitative estimate of drug-likeness (QED) is 0.580. The Bertz CT molecular complexity index is 1020. The first-order valence-corrected chi connectivity index (χ1v) is 9.48. The van der Waals surface area contributed by atoms with Crippen molar-refractivity contribution < 1.29 is 14.7 Å². The van der Waals surface area contributed by atoms with Gasteiger partial charge in [0, 0.05) is 18.3 Å². The predicted molar refractivity (Wildman–Crippen MR) is 107 cm³/mol. The first-order valence-electron chi connectivity index (χ1n) is 8.68. The number of rotatable bonds is 7. The van der Waals surface area contributed by atoms with Gasteiger partial charge in [0.2, 0.25) is 5.91 Å². The Kier molecular flexibility index (Phi) is 5.93. The van der Waals surface area contributed by atoms with E-state index in [1.54, 1.807) is 0 Å². The van der Waals surface area contributed by atoms with E-state index < -0.39 is 5.97 Å². The maximum Gasteiger partial charge on any atom is 0.354 e. The fourth-order valence-electron chi connectivity index (χ4n) is 2.87. The largest absolute Gasteiger partial charge is 0.477 e. The summed E-state index contributed by atoms with van der Waals surface area (Å²) in [5.41, 5.74) is 3.73. The Labute approximate surface area is 170 Å². The van der Waals surface area contributed by atoms with Crippen molar-refractivity contribution in [3.8, 4) is 0 Å². The Morgan fingerprint density at radius 1 is 1.21 bits per heavy atom. The van der Waals surface area contributed by atoms with E-state index in [0.717, 1.165) is 21.4 Å². The molecule has 0 spiro atoms. The molecule has 1 aromatic carbocycles. The summed E-state index contributed by atoms with van der Waals surface area (Å²) in [5, 5.41) is 20.4. The Hall–Kier alpha value is -2.94. The first-order chi connectivity index (χ1) is 13.3. The number of hydrogen-bond acceptors (Lipinski definition) is 4. The number of hydrogen-bond donors (Lipinski definition) is 2. The summed E-state index contributed by atoms with van der Waals surface area (Å²) in [7, 11) is 0. The smallest absolute Gasteiger partial charge is 0.354 e. The fourth-order valence-corrected chi connectivity index (χ4v) is 3.16. The molecule has 0 saturated heterocycles. The zero-order valence-corrected chi connectivity index (χ0v) is 17.1. The molecule has 0 radical (unpaired) electrons. The molecule has 3 rings (SSSR count). The van der Waals surface area contributed by atoms with Crippen LogP contribution < -0.4 is 5.32 Å². The van der Waals surface area contributed by atoms with E-state index in [0.29, 0.717) is 12.2 Å². The summed E-state index contributed by atoms with van der Waals surface area (Å²) in [5.74, 6) is -1.28. The van der Waals surface area contributed by atoms with Crippen LogP contribution in [0.1, 0.15) is 33.9 Å². The average molecular weight is 446 g/mol. The van der Waals surface area contributed by atoms with Gasteiger partial charge in [0.05, 0.1) is 29.0 Å². The highest BCUT2D eigenvalue weighted by atomic mass is 79.9. The molecule has 2 heterocycles. The molecule has 0 aliphatic carbocycles. The number of carbonyl (C=O) groups is 2. The van der Waals surface area contributed by atoms with Crippen LogP contribution in [0.2, 0.25) is 0 Å². The van der Waals surface area contributed by atoms with Gasteiger partial charge >= 0.3 is 5.97 Å². The highest BCUT2D eigenvalue weighted by molar-refractivity contribution is 9.10. The number of aryl methyl sites for hydroxylation is 2. The van der Waals surface area contributed by atoms with Crippen LogP contribution in [0.25, 0.3) is 0 Å². The van der Waals surface area contributed by atoms with Crippen molar-refractivity contribution in [1.82, 2.24) is 19.6 Å². The zero-order chi connectivity index (χ0) is 20.3. The Morgan fingerprint density at radius 3 is 2.68 bits per heavy atom. The van der Waals surface area contributed by atoms with Gasteiger partial charge in [0.15, 0.2) is 0 Å². The van der Waals surface area contributed by atoms with Crippen LogP contribution in [0.4, 0.5) is 5.69 Å². The molecule has 28 heavy (non-hydrogen) atoms. The minimum atomic E-state index is -1.07. The lowest BCUT2D eigenvalue weighted by molar-refractivity contribution is -0.116. The van der Waals surface area contributed by atoms with E-state index in [-0.39, 0.29) is 24.6 Å². The van der Waals surface area contributed by atoms with Gasteiger partial charge in [-0.25, -0.2) is 4.79 Å². The van der Waals surface area contributed by atoms with Crippen molar-refractivity contribution in [3.63, 3.8) is 0 Å². The van der Waals surface area contributed by atoms with Crippen LogP contribution in [-0.4, -0.2) is 36.5 Å². The monoisotopic (exact) mass is 445 g/mol. The number of amides is 1. The number of aromatic nitrogens is 4. The van der Waals surface area contributed by atoms with E-state index in [1.807, 2.05) is 42.8 Å². The van der Waals surface area contributed by atoms with E-state index in [4.69, 9.17) is 5.11 Å². The van der Waals surface area contributed by atoms with Gasteiger partial charge in [-0.3, -0.25) is 14.2 Å². The number of carboxylic acid groups (broad SMARTS) is 1. The number of halogens is 1. The summed E-state index contributed by atoms with van der Waals surface area (Å²) in [6.07, 6.45) is 1.53. The lowest BCUT2D eigenvalue weighted by atomic mass is 10.2. The Balaban J connectivity index is 1.62. The number of nitrogens with zero attached hydrogens (tertiary/aromatic N) is 4. The van der Waals surface area contributed by atoms with Crippen LogP contribution in [0.3, 0.4) is 0 Å². The molecule has 0 fully saturated rings. The SMILES string of the molecule is Cc1nn(Cc2cccc(NC(=O)CCn3nccc3C(=O)O)c2)c(C)c1Br. The van der Waals surface area contributed by atoms with Crippen LogP contribution in [0.5, 0.6) is 0 Å². The maximum atomic E-state index is 12.2. The van der Waals surface area contributed by atoms with Crippen molar-refractivity contribution in [2.45, 2.75) is 33.4 Å². The van der Waals surface area contributed by atoms with Gasteiger partial charge in [0.25, 0.3) is 0 Å². The van der Waals surface area contributed by atoms with E-state index >= 15 is 0 Å². The average Bonchev–Trinajstić information content (AvgIpc) is 3.22. The molecular formula is C19H20BrN5O3. The van der Waals surface area contributed by atoms with Crippen molar-refractivity contribution in [3.05, 3.63) is 63.6 Å². The summed E-state index contributed by atoms with van der Waals surface area (Å²) in [6.45, 7) is 4.73. The van der Waals surface area contributed by atoms with Crippen molar-refractivity contribution in [2.24, 2.45) is 0 Å². The molecule has 0 bridgehead atoms. The molecule has 0 unspecified atom stereocenters. The molecule has 0 aliphatic rings. The van der Waals surface area contributed by atoms with Crippen molar-refractivity contribution >= 4 is 33.5 Å². The Morgan fingerprint density at radius 2 is 2.00 bits per heavy atom. The summed E-state index contributed by atoms with van der Waals surface area (Å²) < 4.78 is 4.21. The topological polar surface area (TPSA) is 102 Å². The molecular weight excluding hydrogens is 426 g/mol. The van der Waals surface area contributed by atoms with Gasteiger partial charge in [-0.2, -0.15) is 10.2 Å². The number of nitrogens with one attached hydrogen (secondary N) is 1. The maximum absolute atomic E-state index is 12.2. The summed E-state index contributed by atoms with van der Waals surface area (Å²) in [4.78, 5) is 23.3. The first kappa shape index (κ1) is 19.8. The molecule has 146 valence electrons. The van der Waals surface area contributed by atoms with Gasteiger partial charge in [0.1, 0.15) is 5.69 Å². The van der Waals surface area contributed by atoms with Gasteiger partial charge in [-0.15, -0.1) is 0 Å². The third-order valence-corrected chi connectivity index (χ3v) is 5.47. The van der Waals surface area contributed by atoms with Gasteiger partial charge in [-0.1, -0.05) is 12.1 Å². The van der Waals surface area contributed by atoms with Crippen LogP contribution in [0.15, 0.2) is 41.0 Å². The summed E-state index contributed by atoms with van der Waals surface area (Å²) in [6, 6.07) is 8.97. The van der Waals surface area contributed by atoms with E-state index in [1.165, 1.54) is 16.9 Å². The number of carboxylic acids is 1. The van der Waals surface area contributed by atoms with Crippen LogP contribution in [-0.2, 0) is 17.9 Å². The molecule has 2 N–H and O–H groups in total. The lowest BCUT2D eigenvalue weighted by Crippen LogP contribution is -2.17. The number of carbonyl (C=O) groups excluding carboxylic acids is 1. The van der Waals surface area contributed by atoms with E-state index in [9.17, 15) is 9.59 Å². The summed E-state index contributed by atoms with van der Waals surface area (Å²) >= 11 is 3.52. The zero-order valence-electron chi connectivity index (χ0n) is 15.5. The van der Waals surface area contributed by atoms with E-state index in [2.05, 4.69) is 31.4 Å². The minimum Gasteiger partial charge on any atom is -0.477 e. The highest BCUT2D eigenvalue weighted by Crippen LogP contribution is 2.21.